The number of hydrogen-bond donors (Lipinski definition) is 2. The predicted molar refractivity (Wildman–Crippen MR) is 65.4 cm³/mol. The Balaban J connectivity index is 2.76. The molecule has 1 rings (SSSR count). The standard InChI is InChI=1S/C11H15NO4S/c1-3-16-8(13)5-4-7-6(2)9(11(14)15)10(12)17-7/h3-5,12H2,1-2H3,(H,14,15). The molecule has 5 nitrogen and oxygen atoms in total. The van der Waals surface area contributed by atoms with Crippen LogP contribution >= 0.6 is 11.3 Å². The molecule has 0 radical (unpaired) electrons. The van der Waals surface area contributed by atoms with Gasteiger partial charge in [0.2, 0.25) is 0 Å². The highest BCUT2D eigenvalue weighted by atomic mass is 32.1. The molecule has 0 aromatic carbocycles. The third kappa shape index (κ3) is 3.20. The van der Waals surface area contributed by atoms with Gasteiger partial charge in [-0.2, -0.15) is 0 Å². The lowest BCUT2D eigenvalue weighted by atomic mass is 10.1. The van der Waals surface area contributed by atoms with Crippen LogP contribution in [0.4, 0.5) is 5.00 Å². The van der Waals surface area contributed by atoms with E-state index in [9.17, 15) is 9.59 Å². The molecule has 0 atom stereocenters. The number of carboxylic acid groups (broad SMARTS) is 1. The highest BCUT2D eigenvalue weighted by molar-refractivity contribution is 7.16. The van der Waals surface area contributed by atoms with E-state index >= 15 is 0 Å². The van der Waals surface area contributed by atoms with E-state index in [1.807, 2.05) is 0 Å². The number of ether oxygens (including phenoxy) is 1. The first-order chi connectivity index (χ1) is 7.97. The fraction of sp³-hybridized carbons (Fsp3) is 0.455. The predicted octanol–water partition coefficient (Wildman–Crippen LogP) is 1.83. The van der Waals surface area contributed by atoms with Crippen molar-refractivity contribution in [3.05, 3.63) is 16.0 Å². The quantitative estimate of drug-likeness (QED) is 0.785. The average Bonchev–Trinajstić information content (AvgIpc) is 2.51. The van der Waals surface area contributed by atoms with Gasteiger partial charge in [-0.1, -0.05) is 0 Å². The van der Waals surface area contributed by atoms with Crippen molar-refractivity contribution in [3.8, 4) is 0 Å². The second-order valence-corrected chi connectivity index (χ2v) is 4.64. The van der Waals surface area contributed by atoms with Gasteiger partial charge in [0.1, 0.15) is 5.00 Å². The van der Waals surface area contributed by atoms with Crippen molar-refractivity contribution in [3.63, 3.8) is 0 Å². The van der Waals surface area contributed by atoms with E-state index in [4.69, 9.17) is 15.6 Å². The van der Waals surface area contributed by atoms with Crippen molar-refractivity contribution in [2.45, 2.75) is 26.7 Å². The molecular formula is C11H15NO4S. The van der Waals surface area contributed by atoms with E-state index < -0.39 is 5.97 Å². The van der Waals surface area contributed by atoms with Crippen molar-refractivity contribution >= 4 is 28.3 Å². The van der Waals surface area contributed by atoms with Gasteiger partial charge in [-0.3, -0.25) is 4.79 Å². The van der Waals surface area contributed by atoms with Gasteiger partial charge in [-0.15, -0.1) is 11.3 Å². The Morgan fingerprint density at radius 3 is 2.59 bits per heavy atom. The maximum Gasteiger partial charge on any atom is 0.338 e. The highest BCUT2D eigenvalue weighted by Crippen LogP contribution is 2.31. The highest BCUT2D eigenvalue weighted by Gasteiger charge is 2.19. The van der Waals surface area contributed by atoms with Gasteiger partial charge in [0.05, 0.1) is 18.6 Å². The van der Waals surface area contributed by atoms with Crippen LogP contribution in [0.25, 0.3) is 0 Å². The Morgan fingerprint density at radius 2 is 2.12 bits per heavy atom. The molecule has 1 aromatic rings. The summed E-state index contributed by atoms with van der Waals surface area (Å²) in [5.74, 6) is -1.31. The second-order valence-electron chi connectivity index (χ2n) is 3.50. The minimum Gasteiger partial charge on any atom is -0.478 e. The lowest BCUT2D eigenvalue weighted by Crippen LogP contribution is -2.05. The van der Waals surface area contributed by atoms with Gasteiger partial charge in [-0.05, 0) is 25.8 Å². The number of carbonyl (C=O) groups excluding carboxylic acids is 1. The Bertz CT molecular complexity index is 439. The topological polar surface area (TPSA) is 89.6 Å². The van der Waals surface area contributed by atoms with Crippen LogP contribution in [-0.4, -0.2) is 23.7 Å². The fourth-order valence-electron chi connectivity index (χ4n) is 1.54. The number of carboxylic acids is 1. The molecule has 1 aromatic heterocycles. The number of aromatic carboxylic acids is 1. The summed E-state index contributed by atoms with van der Waals surface area (Å²) in [5.41, 5.74) is 6.42. The molecule has 17 heavy (non-hydrogen) atoms. The number of nitrogen functional groups attached to an aromatic ring is 1. The molecule has 0 fully saturated rings. The number of hydrogen-bond acceptors (Lipinski definition) is 5. The Hall–Kier alpha value is -1.56. The number of thiophene rings is 1. The molecule has 0 aliphatic rings. The molecule has 0 saturated heterocycles. The van der Waals surface area contributed by atoms with Crippen LogP contribution in [0.5, 0.6) is 0 Å². The molecule has 94 valence electrons. The zero-order chi connectivity index (χ0) is 13.0. The lowest BCUT2D eigenvalue weighted by Gasteiger charge is -2.01. The van der Waals surface area contributed by atoms with Crippen LogP contribution in [0.15, 0.2) is 0 Å². The minimum absolute atomic E-state index is 0.147. The summed E-state index contributed by atoms with van der Waals surface area (Å²) >= 11 is 1.22. The molecule has 0 spiro atoms. The third-order valence-corrected chi connectivity index (χ3v) is 3.53. The molecule has 0 aliphatic heterocycles. The molecule has 6 heteroatoms. The number of nitrogens with two attached hydrogens (primary N) is 1. The van der Waals surface area contributed by atoms with Crippen molar-refractivity contribution in [1.82, 2.24) is 0 Å². The summed E-state index contributed by atoms with van der Waals surface area (Å²) in [7, 11) is 0. The van der Waals surface area contributed by atoms with Crippen molar-refractivity contribution < 1.29 is 19.4 Å². The number of aryl methyl sites for hydroxylation is 1. The Labute approximate surface area is 103 Å². The summed E-state index contributed by atoms with van der Waals surface area (Å²) < 4.78 is 4.81. The molecule has 0 aliphatic carbocycles. The van der Waals surface area contributed by atoms with E-state index in [1.165, 1.54) is 11.3 Å². The van der Waals surface area contributed by atoms with Crippen molar-refractivity contribution in [2.75, 3.05) is 12.3 Å². The van der Waals surface area contributed by atoms with Gasteiger partial charge >= 0.3 is 11.9 Å². The second kappa shape index (κ2) is 5.67. The van der Waals surface area contributed by atoms with Gasteiger partial charge in [0, 0.05) is 4.88 Å². The van der Waals surface area contributed by atoms with Crippen LogP contribution in [0, 0.1) is 6.92 Å². The lowest BCUT2D eigenvalue weighted by molar-refractivity contribution is -0.143. The summed E-state index contributed by atoms with van der Waals surface area (Å²) in [6.07, 6.45) is 0.709. The van der Waals surface area contributed by atoms with Crippen LogP contribution in [-0.2, 0) is 16.0 Å². The van der Waals surface area contributed by atoms with E-state index in [0.717, 1.165) is 4.88 Å². The molecular weight excluding hydrogens is 242 g/mol. The number of anilines is 1. The summed E-state index contributed by atoms with van der Waals surface area (Å²) in [6.45, 7) is 3.80. The van der Waals surface area contributed by atoms with Crippen LogP contribution in [0.1, 0.15) is 34.1 Å². The molecule has 0 saturated carbocycles. The first-order valence-corrected chi connectivity index (χ1v) is 6.05. The molecule has 3 N–H and O–H groups in total. The third-order valence-electron chi connectivity index (χ3n) is 2.35. The van der Waals surface area contributed by atoms with Crippen molar-refractivity contribution in [2.24, 2.45) is 0 Å². The van der Waals surface area contributed by atoms with E-state index in [2.05, 4.69) is 0 Å². The van der Waals surface area contributed by atoms with E-state index in [1.54, 1.807) is 13.8 Å². The average molecular weight is 257 g/mol. The Kier molecular flexibility index (Phi) is 4.51. The van der Waals surface area contributed by atoms with Crippen LogP contribution in [0.3, 0.4) is 0 Å². The first kappa shape index (κ1) is 13.5. The maximum absolute atomic E-state index is 11.2. The molecule has 1 heterocycles. The van der Waals surface area contributed by atoms with Crippen LogP contribution in [0.2, 0.25) is 0 Å². The number of esters is 1. The monoisotopic (exact) mass is 257 g/mol. The number of carbonyl (C=O) groups is 2. The Morgan fingerprint density at radius 1 is 1.47 bits per heavy atom. The summed E-state index contributed by atoms with van der Waals surface area (Å²) in [4.78, 5) is 22.9. The maximum atomic E-state index is 11.2. The number of rotatable bonds is 5. The summed E-state index contributed by atoms with van der Waals surface area (Å²) in [6, 6.07) is 0. The smallest absolute Gasteiger partial charge is 0.338 e. The van der Waals surface area contributed by atoms with Gasteiger partial charge in [0.15, 0.2) is 0 Å². The summed E-state index contributed by atoms with van der Waals surface area (Å²) in [5, 5.41) is 9.24. The van der Waals surface area contributed by atoms with E-state index in [0.29, 0.717) is 18.6 Å². The molecule has 0 unspecified atom stereocenters. The fourth-order valence-corrected chi connectivity index (χ4v) is 2.60. The zero-order valence-electron chi connectivity index (χ0n) is 9.78. The van der Waals surface area contributed by atoms with Crippen LogP contribution < -0.4 is 5.73 Å². The van der Waals surface area contributed by atoms with Crippen molar-refractivity contribution in [1.29, 1.82) is 0 Å². The normalized spacial score (nSPS) is 10.2. The SMILES string of the molecule is CCOC(=O)CCc1sc(N)c(C(=O)O)c1C. The van der Waals surface area contributed by atoms with Gasteiger partial charge in [0.25, 0.3) is 0 Å². The largest absolute Gasteiger partial charge is 0.478 e. The van der Waals surface area contributed by atoms with E-state index in [-0.39, 0.29) is 23.0 Å². The minimum atomic E-state index is -1.03. The van der Waals surface area contributed by atoms with Gasteiger partial charge < -0.3 is 15.6 Å². The first-order valence-electron chi connectivity index (χ1n) is 5.24. The zero-order valence-corrected chi connectivity index (χ0v) is 10.6. The molecule has 0 bridgehead atoms. The molecule has 0 amide bonds. The van der Waals surface area contributed by atoms with Gasteiger partial charge in [-0.25, -0.2) is 4.79 Å².